The number of nitrogens with zero attached hydrogens (tertiary/aromatic N) is 2. The smallest absolute Gasteiger partial charge is 0.210 e. The first-order valence-electron chi connectivity index (χ1n) is 25.1. The molecule has 0 unspecified atom stereocenters. The number of alkyl halides is 1. The van der Waals surface area contributed by atoms with Crippen LogP contribution in [-0.2, 0) is 49.4 Å². The van der Waals surface area contributed by atoms with E-state index in [1.165, 1.54) is 39.5 Å². The number of hydrogen-bond acceptors (Lipinski definition) is 10. The van der Waals surface area contributed by atoms with Crippen LogP contribution >= 0.6 is 58.2 Å². The summed E-state index contributed by atoms with van der Waals surface area (Å²) in [5.41, 5.74) is 7.70. The Hall–Kier alpha value is -3.10. The number of carbonyl (C=O) groups is 2. The van der Waals surface area contributed by atoms with E-state index in [1.54, 1.807) is 0 Å². The lowest BCUT2D eigenvalue weighted by Crippen LogP contribution is -2.41. The molecule has 10 nitrogen and oxygen atoms in total. The van der Waals surface area contributed by atoms with E-state index in [0.717, 1.165) is 149 Å². The predicted molar refractivity (Wildman–Crippen MR) is 276 cm³/mol. The van der Waals surface area contributed by atoms with Gasteiger partial charge in [0, 0.05) is 100 Å². The second kappa shape index (κ2) is 24.1. The van der Waals surface area contributed by atoms with E-state index in [-0.39, 0.29) is 44.2 Å². The van der Waals surface area contributed by atoms with Gasteiger partial charge >= 0.3 is 0 Å². The molecule has 370 valence electrons. The molecule has 0 atom stereocenters. The van der Waals surface area contributed by atoms with Gasteiger partial charge in [0.25, 0.3) is 0 Å². The summed E-state index contributed by atoms with van der Waals surface area (Å²) in [5, 5.41) is 17.5. The molecule has 0 fully saturated rings. The van der Waals surface area contributed by atoms with E-state index in [1.807, 2.05) is 0 Å². The van der Waals surface area contributed by atoms with Crippen molar-refractivity contribution >= 4 is 92.0 Å². The van der Waals surface area contributed by atoms with Crippen molar-refractivity contribution in [1.82, 2.24) is 4.58 Å². The van der Waals surface area contributed by atoms with Crippen LogP contribution in [0.3, 0.4) is 0 Å². The second-order valence-corrected chi connectivity index (χ2v) is 21.1. The molecule has 0 radical (unpaired) electrons. The number of rotatable bonds is 24. The van der Waals surface area contributed by atoms with Gasteiger partial charge in [0.05, 0.1) is 72.0 Å². The lowest BCUT2D eigenvalue weighted by atomic mass is 9.83. The number of aromatic carboxylic acids is 1. The van der Waals surface area contributed by atoms with Crippen molar-refractivity contribution in [2.24, 2.45) is 0 Å². The molecule has 5 aliphatic rings. The normalized spacial score (nSPS) is 15.9. The number of halogens is 4. The summed E-state index contributed by atoms with van der Waals surface area (Å²) >= 11 is 28.4. The van der Waals surface area contributed by atoms with Gasteiger partial charge in [-0.15, -0.1) is 23.4 Å². The van der Waals surface area contributed by atoms with E-state index in [0.29, 0.717) is 74.8 Å². The maximum Gasteiger partial charge on any atom is 0.210 e. The molecule has 4 aromatic carbocycles. The SMILES string of the molecule is O=C(CCCOCCOCCOCCOCCCCCCCl)CSc1c(Cl)c(Cl)c(C(=O)[O-])c(C2=c3cc4c5c(c3Oc3c2ccc2c6c7c(cc32)CCCN7CCC6)CCC[N+]=5CCCC4)c1Cl. The minimum absolute atomic E-state index is 0.0245. The number of carboxylic acids is 1. The fourth-order valence-corrected chi connectivity index (χ4v) is 13.2. The van der Waals surface area contributed by atoms with Gasteiger partial charge in [-0.2, -0.15) is 0 Å². The van der Waals surface area contributed by atoms with E-state index in [9.17, 15) is 14.7 Å². The van der Waals surface area contributed by atoms with Crippen molar-refractivity contribution in [3.8, 4) is 11.5 Å². The minimum atomic E-state index is -1.49. The molecule has 0 bridgehead atoms. The van der Waals surface area contributed by atoms with Crippen molar-refractivity contribution in [3.63, 3.8) is 0 Å². The summed E-state index contributed by atoms with van der Waals surface area (Å²) in [6.45, 7) is 8.11. The maximum absolute atomic E-state index is 13.4. The van der Waals surface area contributed by atoms with Crippen LogP contribution in [0.2, 0.25) is 15.1 Å². The summed E-state index contributed by atoms with van der Waals surface area (Å²) in [7, 11) is 0. The van der Waals surface area contributed by atoms with Crippen molar-refractivity contribution in [2.75, 3.05) is 95.6 Å². The number of aryl methyl sites for hydroxylation is 3. The number of fused-ring (bicyclic) bond motifs is 6. The Morgan fingerprint density at radius 1 is 0.696 bits per heavy atom. The van der Waals surface area contributed by atoms with Crippen molar-refractivity contribution in [1.29, 1.82) is 0 Å². The van der Waals surface area contributed by atoms with E-state index >= 15 is 0 Å². The van der Waals surface area contributed by atoms with Crippen LogP contribution in [0, 0.1) is 0 Å². The standard InChI is InChI=1S/C54H62Cl4N2O8S/c55-18-4-1-2-6-23-64-25-27-66-29-30-67-28-26-65-24-10-13-36(61)33-69-53-47(57)44(45(54(62)63)46(56)48(53)58)43-39-17-16-37-38-14-8-21-60-20-7-12-35(49(38)60)31-41(37)51(39)68-52-40-15-9-22-59-19-5-3-11-34(50(40)59)32-42(43)52/h16-17,31-32H,1-15,18-30,33H2. The molecule has 0 N–H and O–H groups in total. The van der Waals surface area contributed by atoms with Crippen molar-refractivity contribution in [3.05, 3.63) is 88.9 Å². The van der Waals surface area contributed by atoms with Crippen molar-refractivity contribution < 1.29 is 38.4 Å². The minimum Gasteiger partial charge on any atom is -0.545 e. The highest BCUT2D eigenvalue weighted by Crippen LogP contribution is 2.52. The zero-order chi connectivity index (χ0) is 47.9. The van der Waals surface area contributed by atoms with Gasteiger partial charge in [-0.1, -0.05) is 53.7 Å². The number of hydrogen-bond donors (Lipinski definition) is 0. The predicted octanol–water partition coefficient (Wildman–Crippen LogP) is 9.30. The molecule has 5 heterocycles. The topological polar surface area (TPSA) is 110 Å². The first-order valence-corrected chi connectivity index (χ1v) is 27.7. The highest BCUT2D eigenvalue weighted by molar-refractivity contribution is 8.00. The Balaban J connectivity index is 0.939. The Labute approximate surface area is 429 Å². The summed E-state index contributed by atoms with van der Waals surface area (Å²) < 4.78 is 32.3. The first-order chi connectivity index (χ1) is 33.8. The van der Waals surface area contributed by atoms with E-state index in [4.69, 9.17) is 70.1 Å². The summed E-state index contributed by atoms with van der Waals surface area (Å²) in [6, 6.07) is 8.73. The Bertz CT molecular complexity index is 2710. The first kappa shape index (κ1) is 50.8. The van der Waals surface area contributed by atoms with Crippen molar-refractivity contribution in [2.45, 2.75) is 101 Å². The molecule has 0 aromatic heterocycles. The largest absolute Gasteiger partial charge is 0.545 e. The third kappa shape index (κ3) is 11.1. The fourth-order valence-electron chi connectivity index (χ4n) is 11.0. The number of carboxylic acid groups (broad SMARTS) is 1. The van der Waals surface area contributed by atoms with Crippen LogP contribution in [0.5, 0.6) is 11.5 Å². The van der Waals surface area contributed by atoms with Crippen LogP contribution in [0.25, 0.3) is 16.3 Å². The molecular weight excluding hydrogens is 978 g/mol. The molecule has 0 aliphatic carbocycles. The lowest BCUT2D eigenvalue weighted by Gasteiger charge is -2.38. The molecule has 5 aliphatic heterocycles. The van der Waals surface area contributed by atoms with Gasteiger partial charge in [-0.3, -0.25) is 4.79 Å². The van der Waals surface area contributed by atoms with Crippen LogP contribution < -0.4 is 29.9 Å². The molecule has 0 saturated carbocycles. The number of anilines is 1. The number of unbranched alkanes of at least 4 members (excludes halogenated alkanes) is 3. The molecule has 9 rings (SSSR count). The zero-order valence-electron chi connectivity index (χ0n) is 39.4. The average Bonchev–Trinajstić information content (AvgIpc) is 3.57. The number of carbonyl (C=O) groups excluding carboxylic acids is 2. The summed E-state index contributed by atoms with van der Waals surface area (Å²) in [6.07, 6.45) is 14.1. The van der Waals surface area contributed by atoms with E-state index < -0.39 is 5.97 Å². The highest BCUT2D eigenvalue weighted by Gasteiger charge is 2.36. The molecule has 15 heteroatoms. The molecule has 0 saturated heterocycles. The molecule has 4 aromatic rings. The second-order valence-electron chi connectivity index (χ2n) is 18.7. The number of ether oxygens (including phenoxy) is 5. The zero-order valence-corrected chi connectivity index (χ0v) is 43.2. The summed E-state index contributed by atoms with van der Waals surface area (Å²) in [4.78, 5) is 29.7. The van der Waals surface area contributed by atoms with Gasteiger partial charge in [0.1, 0.15) is 30.4 Å². The van der Waals surface area contributed by atoms with Crippen LogP contribution in [-0.4, -0.2) is 102 Å². The Morgan fingerprint density at radius 3 is 2.13 bits per heavy atom. The van der Waals surface area contributed by atoms with Gasteiger partial charge in [0.15, 0.2) is 0 Å². The third-order valence-electron chi connectivity index (χ3n) is 14.1. The van der Waals surface area contributed by atoms with Crippen LogP contribution in [0.4, 0.5) is 5.69 Å². The number of benzene rings is 4. The van der Waals surface area contributed by atoms with Gasteiger partial charge in [-0.25, -0.2) is 4.58 Å². The van der Waals surface area contributed by atoms with E-state index in [2.05, 4.69) is 33.7 Å². The monoisotopic (exact) mass is 1040 g/mol. The quantitative estimate of drug-likeness (QED) is 0.0195. The molecular formula is C54H62Cl4N2O8S. The molecule has 0 spiro atoms. The van der Waals surface area contributed by atoms with Gasteiger partial charge in [-0.05, 0) is 98.9 Å². The Morgan fingerprint density at radius 2 is 1.38 bits per heavy atom. The molecule has 69 heavy (non-hydrogen) atoms. The average molecular weight is 1040 g/mol. The fraction of sp³-hybridized carbons (Fsp3) is 0.537. The van der Waals surface area contributed by atoms with Crippen LogP contribution in [0.15, 0.2) is 29.2 Å². The third-order valence-corrected chi connectivity index (χ3v) is 17.0. The van der Waals surface area contributed by atoms with Gasteiger partial charge in [0.2, 0.25) is 5.36 Å². The number of thioether (sulfide) groups is 1. The van der Waals surface area contributed by atoms with Gasteiger partial charge < -0.3 is 38.5 Å². The Kier molecular flexibility index (Phi) is 17.7. The maximum atomic E-state index is 13.4. The lowest BCUT2D eigenvalue weighted by molar-refractivity contribution is -0.255. The van der Waals surface area contributed by atoms with Crippen LogP contribution in [0.1, 0.15) is 114 Å². The number of ketones is 1. The highest BCUT2D eigenvalue weighted by atomic mass is 35.5. The summed E-state index contributed by atoms with van der Waals surface area (Å²) in [5.74, 6) is 0.675. The molecule has 0 amide bonds. The number of Topliss-reactive ketones (excluding diaryl/α,β-unsaturated/α-hetero) is 1.